The van der Waals surface area contributed by atoms with Crippen LogP contribution in [0.4, 0.5) is 4.79 Å². The molecule has 1 saturated heterocycles. The zero-order chi connectivity index (χ0) is 37.3. The van der Waals surface area contributed by atoms with Gasteiger partial charge in [-0.15, -0.1) is 0 Å². The lowest BCUT2D eigenvalue weighted by Crippen LogP contribution is -2.44. The number of nitrogens with one attached hydrogen (secondary N) is 1. The highest BCUT2D eigenvalue weighted by molar-refractivity contribution is 6.39. The monoisotopic (exact) mass is 741 g/mol. The van der Waals surface area contributed by atoms with Crippen molar-refractivity contribution in [3.63, 3.8) is 0 Å². The number of fused-ring (bicyclic) bond motifs is 1. The van der Waals surface area contributed by atoms with Crippen LogP contribution in [0.3, 0.4) is 0 Å². The van der Waals surface area contributed by atoms with Crippen LogP contribution >= 0.6 is 23.2 Å². The van der Waals surface area contributed by atoms with Gasteiger partial charge in [-0.3, -0.25) is 18.8 Å². The number of carbonyl (C=O) groups is 3. The van der Waals surface area contributed by atoms with Crippen LogP contribution in [0.1, 0.15) is 55.2 Å². The van der Waals surface area contributed by atoms with Crippen molar-refractivity contribution < 1.29 is 23.9 Å². The summed E-state index contributed by atoms with van der Waals surface area (Å²) in [6, 6.07) is 17.8. The summed E-state index contributed by atoms with van der Waals surface area (Å²) >= 11 is 14.1. The summed E-state index contributed by atoms with van der Waals surface area (Å²) in [5.41, 5.74) is 4.38. The summed E-state index contributed by atoms with van der Waals surface area (Å²) in [7, 11) is 1.45. The molecule has 1 atom stereocenters. The SMILES string of the molecule is COc1nc(-c2cccc(-c3cccc(-c4ccn5c(=O)c(CN(CC6CCC(=O)N6)C(=O)OC(C)(C)C)c(C)nc5c4)c3Cl)c2Cl)ccc1C=O. The number of aldehydes is 1. The number of nitrogens with zero attached hydrogens (tertiary/aromatic N) is 4. The quantitative estimate of drug-likeness (QED) is 0.153. The van der Waals surface area contributed by atoms with Crippen LogP contribution < -0.4 is 15.6 Å². The third-order valence-corrected chi connectivity index (χ3v) is 9.56. The summed E-state index contributed by atoms with van der Waals surface area (Å²) in [6.07, 6.45) is 2.69. The van der Waals surface area contributed by atoms with Gasteiger partial charge in [0, 0.05) is 47.5 Å². The van der Waals surface area contributed by atoms with E-state index in [1.54, 1.807) is 58.2 Å². The lowest BCUT2D eigenvalue weighted by molar-refractivity contribution is -0.119. The van der Waals surface area contributed by atoms with E-state index in [9.17, 15) is 19.2 Å². The van der Waals surface area contributed by atoms with Gasteiger partial charge in [-0.05, 0) is 63.9 Å². The highest BCUT2D eigenvalue weighted by Crippen LogP contribution is 2.42. The molecular formula is C39H37Cl2N5O6. The van der Waals surface area contributed by atoms with Gasteiger partial charge in [0.05, 0.1) is 46.2 Å². The van der Waals surface area contributed by atoms with E-state index in [-0.39, 0.29) is 36.5 Å². The van der Waals surface area contributed by atoms with E-state index in [1.807, 2.05) is 36.4 Å². The van der Waals surface area contributed by atoms with E-state index in [0.29, 0.717) is 79.6 Å². The summed E-state index contributed by atoms with van der Waals surface area (Å²) in [4.78, 5) is 61.1. The molecular weight excluding hydrogens is 705 g/mol. The highest BCUT2D eigenvalue weighted by atomic mass is 35.5. The minimum atomic E-state index is -0.751. The first-order valence-corrected chi connectivity index (χ1v) is 17.4. The Kier molecular flexibility index (Phi) is 10.4. The third-order valence-electron chi connectivity index (χ3n) is 8.74. The van der Waals surface area contributed by atoms with Crippen molar-refractivity contribution in [3.05, 3.63) is 104 Å². The van der Waals surface area contributed by atoms with Gasteiger partial charge in [-0.25, -0.2) is 14.8 Å². The topological polar surface area (TPSA) is 132 Å². The van der Waals surface area contributed by atoms with E-state index >= 15 is 0 Å². The summed E-state index contributed by atoms with van der Waals surface area (Å²) < 4.78 is 12.4. The van der Waals surface area contributed by atoms with Crippen LogP contribution in [0.25, 0.3) is 39.2 Å². The van der Waals surface area contributed by atoms with Crippen molar-refractivity contribution in [2.45, 2.75) is 58.7 Å². The molecule has 1 aliphatic heterocycles. The maximum atomic E-state index is 13.9. The Labute approximate surface area is 310 Å². The minimum Gasteiger partial charge on any atom is -0.480 e. The van der Waals surface area contributed by atoms with Crippen LogP contribution in [0, 0.1) is 6.92 Å². The number of hydrogen-bond acceptors (Lipinski definition) is 8. The second kappa shape index (κ2) is 14.8. The molecule has 0 radical (unpaired) electrons. The van der Waals surface area contributed by atoms with Gasteiger partial charge in [-0.2, -0.15) is 0 Å². The van der Waals surface area contributed by atoms with Crippen molar-refractivity contribution >= 4 is 47.1 Å². The first-order valence-electron chi connectivity index (χ1n) is 16.7. The summed E-state index contributed by atoms with van der Waals surface area (Å²) in [5, 5.41) is 3.74. The first-order chi connectivity index (χ1) is 24.8. The van der Waals surface area contributed by atoms with Crippen molar-refractivity contribution in [1.82, 2.24) is 24.6 Å². The molecule has 6 rings (SSSR count). The normalized spacial score (nSPS) is 14.3. The lowest BCUT2D eigenvalue weighted by atomic mass is 9.97. The Morgan fingerprint density at radius 3 is 2.31 bits per heavy atom. The molecule has 0 spiro atoms. The standard InChI is InChI=1S/C39H37Cl2N5O6/c1-22-30(20-45(38(50)52-39(2,3)4)19-25-13-15-33(48)43-25)37(49)46-17-16-23(18-32(46)42-22)26-8-6-9-27(34(26)40)28-10-7-11-29(35(28)41)31-14-12-24(21-47)36(44-31)51-5/h6-12,14,16-18,21,25H,13,15,19-20H2,1-5H3,(H,43,48). The Morgan fingerprint density at radius 1 is 1.00 bits per heavy atom. The van der Waals surface area contributed by atoms with E-state index in [1.165, 1.54) is 16.4 Å². The predicted molar refractivity (Wildman–Crippen MR) is 200 cm³/mol. The molecule has 268 valence electrons. The second-order valence-corrected chi connectivity index (χ2v) is 14.3. The maximum Gasteiger partial charge on any atom is 0.410 e. The molecule has 4 heterocycles. The Hall–Kier alpha value is -5.26. The fourth-order valence-electron chi connectivity index (χ4n) is 6.19. The molecule has 0 bridgehead atoms. The molecule has 5 aromatic rings. The molecule has 0 saturated carbocycles. The molecule has 11 nitrogen and oxygen atoms in total. The van der Waals surface area contributed by atoms with Gasteiger partial charge in [-0.1, -0.05) is 59.6 Å². The maximum absolute atomic E-state index is 13.9. The van der Waals surface area contributed by atoms with E-state index in [4.69, 9.17) is 37.7 Å². The average molecular weight is 743 g/mol. The first kappa shape index (κ1) is 36.5. The van der Waals surface area contributed by atoms with Gasteiger partial charge >= 0.3 is 6.09 Å². The van der Waals surface area contributed by atoms with Crippen LogP contribution in [-0.4, -0.2) is 62.9 Å². The number of benzene rings is 2. The number of halogens is 2. The van der Waals surface area contributed by atoms with Crippen molar-refractivity contribution in [1.29, 1.82) is 0 Å². The zero-order valence-electron chi connectivity index (χ0n) is 29.3. The molecule has 1 N–H and O–H groups in total. The van der Waals surface area contributed by atoms with E-state index in [2.05, 4.69) is 10.3 Å². The number of hydrogen-bond donors (Lipinski definition) is 1. The number of amides is 2. The Balaban J connectivity index is 1.34. The fraction of sp³-hybridized carbons (Fsp3) is 0.282. The molecule has 52 heavy (non-hydrogen) atoms. The Morgan fingerprint density at radius 2 is 1.67 bits per heavy atom. The molecule has 1 aliphatic rings. The average Bonchev–Trinajstić information content (AvgIpc) is 3.52. The van der Waals surface area contributed by atoms with Gasteiger partial charge in [0.2, 0.25) is 11.8 Å². The number of aryl methyl sites for hydroxylation is 1. The number of pyridine rings is 2. The van der Waals surface area contributed by atoms with Crippen LogP contribution in [0.5, 0.6) is 5.88 Å². The molecule has 2 amide bonds. The highest BCUT2D eigenvalue weighted by Gasteiger charge is 2.30. The fourth-order valence-corrected chi connectivity index (χ4v) is 6.85. The smallest absolute Gasteiger partial charge is 0.410 e. The van der Waals surface area contributed by atoms with E-state index < -0.39 is 11.7 Å². The molecule has 1 unspecified atom stereocenters. The number of rotatable bonds is 9. The number of carbonyl (C=O) groups excluding carboxylic acids is 3. The van der Waals surface area contributed by atoms with Gasteiger partial charge < -0.3 is 19.7 Å². The number of aromatic nitrogens is 3. The lowest BCUT2D eigenvalue weighted by Gasteiger charge is -2.29. The zero-order valence-corrected chi connectivity index (χ0v) is 30.8. The van der Waals surface area contributed by atoms with Crippen LogP contribution in [-0.2, 0) is 16.1 Å². The molecule has 0 aliphatic carbocycles. The number of ether oxygens (including phenoxy) is 2. The molecule has 2 aromatic carbocycles. The van der Waals surface area contributed by atoms with E-state index in [0.717, 1.165) is 5.56 Å². The summed E-state index contributed by atoms with van der Waals surface area (Å²) in [5.74, 6) is 0.122. The van der Waals surface area contributed by atoms with Crippen molar-refractivity contribution in [2.75, 3.05) is 13.7 Å². The van der Waals surface area contributed by atoms with Crippen molar-refractivity contribution in [3.8, 4) is 39.4 Å². The second-order valence-electron chi connectivity index (χ2n) is 13.5. The molecule has 1 fully saturated rings. The van der Waals surface area contributed by atoms with Gasteiger partial charge in [0.15, 0.2) is 6.29 Å². The summed E-state index contributed by atoms with van der Waals surface area (Å²) in [6.45, 7) is 7.20. The van der Waals surface area contributed by atoms with Gasteiger partial charge in [0.1, 0.15) is 11.2 Å². The Bertz CT molecular complexity index is 2280. The minimum absolute atomic E-state index is 0.0408. The largest absolute Gasteiger partial charge is 0.480 e. The van der Waals surface area contributed by atoms with Crippen molar-refractivity contribution in [2.24, 2.45) is 0 Å². The molecule has 3 aromatic heterocycles. The number of methoxy groups -OCH3 is 1. The third kappa shape index (κ3) is 7.51. The predicted octanol–water partition coefficient (Wildman–Crippen LogP) is 7.54. The van der Waals surface area contributed by atoms with Crippen LogP contribution in [0.15, 0.2) is 71.7 Å². The van der Waals surface area contributed by atoms with Gasteiger partial charge in [0.25, 0.3) is 5.56 Å². The van der Waals surface area contributed by atoms with Crippen LogP contribution in [0.2, 0.25) is 10.0 Å². The molecule has 13 heteroatoms.